The number of rotatable bonds is 10. The van der Waals surface area contributed by atoms with Crippen molar-refractivity contribution in [3.63, 3.8) is 0 Å². The van der Waals surface area contributed by atoms with E-state index in [0.717, 1.165) is 0 Å². The van der Waals surface area contributed by atoms with Crippen molar-refractivity contribution in [2.45, 2.75) is 37.6 Å². The number of alkyl halides is 3. The first-order chi connectivity index (χ1) is 15.2. The Bertz CT molecular complexity index is 1050. The summed E-state index contributed by atoms with van der Waals surface area (Å²) in [6.07, 6.45) is 0.440. The summed E-state index contributed by atoms with van der Waals surface area (Å²) in [6.45, 7) is 0.781. The van der Waals surface area contributed by atoms with Crippen molar-refractivity contribution in [1.29, 1.82) is 0 Å². The zero-order valence-corrected chi connectivity index (χ0v) is 17.8. The average Bonchev–Trinajstić information content (AvgIpc) is 3.17. The van der Waals surface area contributed by atoms with Gasteiger partial charge in [0.25, 0.3) is 5.91 Å². The summed E-state index contributed by atoms with van der Waals surface area (Å²) in [4.78, 5) is 20.8. The second-order valence-electron chi connectivity index (χ2n) is 7.44. The normalized spacial score (nSPS) is 15.5. The van der Waals surface area contributed by atoms with Gasteiger partial charge in [-0.15, -0.1) is 0 Å². The van der Waals surface area contributed by atoms with Gasteiger partial charge in [0.05, 0.1) is 28.7 Å². The monoisotopic (exact) mass is 470 g/mol. The highest BCUT2D eigenvalue weighted by Crippen LogP contribution is 2.29. The maximum absolute atomic E-state index is 15.7. The first kappa shape index (κ1) is 23.9. The van der Waals surface area contributed by atoms with Crippen LogP contribution in [0.25, 0.3) is 5.65 Å². The predicted molar refractivity (Wildman–Crippen MR) is 111 cm³/mol. The minimum absolute atomic E-state index is 0.108. The van der Waals surface area contributed by atoms with Crippen molar-refractivity contribution in [1.82, 2.24) is 30.2 Å². The standard InChI is InChI=1S/C20H22ClF3N6O2/c1-20(32,11-26-6-4-15(22)23)18(24)17(29-19(31)12-3-2-5-25-8-12)14-10-27-16-7-13(21)9-28-30(14)16/h2-3,5,7-10,15,17-18,26,32H,4,6,11H2,1H3,(H,29,31)/t17-,18-,20-/m1/s1. The van der Waals surface area contributed by atoms with E-state index >= 15 is 4.39 Å². The van der Waals surface area contributed by atoms with Crippen LogP contribution >= 0.6 is 11.6 Å². The zero-order valence-electron chi connectivity index (χ0n) is 17.1. The van der Waals surface area contributed by atoms with E-state index in [9.17, 15) is 18.7 Å². The van der Waals surface area contributed by atoms with Crippen molar-refractivity contribution < 1.29 is 23.1 Å². The van der Waals surface area contributed by atoms with Gasteiger partial charge in [-0.3, -0.25) is 9.78 Å². The zero-order chi connectivity index (χ0) is 23.3. The van der Waals surface area contributed by atoms with Crippen LogP contribution in [0.5, 0.6) is 0 Å². The van der Waals surface area contributed by atoms with Gasteiger partial charge in [0, 0.05) is 38.0 Å². The summed E-state index contributed by atoms with van der Waals surface area (Å²) >= 11 is 5.93. The lowest BCUT2D eigenvalue weighted by Gasteiger charge is -2.33. The number of nitrogens with zero attached hydrogens (tertiary/aromatic N) is 4. The van der Waals surface area contributed by atoms with E-state index in [1.54, 1.807) is 6.07 Å². The molecule has 0 fully saturated rings. The minimum atomic E-state index is -2.52. The topological polar surface area (TPSA) is 104 Å². The van der Waals surface area contributed by atoms with Crippen molar-refractivity contribution >= 4 is 23.2 Å². The number of aliphatic hydroxyl groups is 1. The number of pyridine rings is 1. The van der Waals surface area contributed by atoms with Crippen LogP contribution < -0.4 is 10.6 Å². The molecule has 0 unspecified atom stereocenters. The van der Waals surface area contributed by atoms with Crippen LogP contribution in [0.15, 0.2) is 43.0 Å². The highest BCUT2D eigenvalue weighted by molar-refractivity contribution is 6.30. The Labute approximate surface area is 186 Å². The molecule has 0 aliphatic heterocycles. The molecule has 0 radical (unpaired) electrons. The number of carbonyl (C=O) groups excluding carboxylic acids is 1. The second-order valence-corrected chi connectivity index (χ2v) is 7.87. The molecule has 0 aromatic carbocycles. The number of halogens is 4. The van der Waals surface area contributed by atoms with Gasteiger partial charge in [-0.2, -0.15) is 5.10 Å². The minimum Gasteiger partial charge on any atom is -0.386 e. The smallest absolute Gasteiger partial charge is 0.253 e. The van der Waals surface area contributed by atoms with Crippen molar-refractivity contribution in [2.75, 3.05) is 13.1 Å². The van der Waals surface area contributed by atoms with Crippen LogP contribution in [0, 0.1) is 0 Å². The second kappa shape index (κ2) is 10.2. The molecular formula is C20H22ClF3N6O2. The number of hydrogen-bond donors (Lipinski definition) is 3. The highest BCUT2D eigenvalue weighted by atomic mass is 35.5. The number of amides is 1. The molecule has 3 aromatic heterocycles. The van der Waals surface area contributed by atoms with E-state index in [4.69, 9.17) is 11.6 Å². The number of hydrogen-bond acceptors (Lipinski definition) is 6. The number of nitrogens with one attached hydrogen (secondary N) is 2. The van der Waals surface area contributed by atoms with E-state index < -0.39 is 36.6 Å². The molecule has 3 rings (SSSR count). The Balaban J connectivity index is 1.89. The van der Waals surface area contributed by atoms with Gasteiger partial charge >= 0.3 is 0 Å². The molecule has 0 saturated carbocycles. The molecule has 3 N–H and O–H groups in total. The molecule has 0 saturated heterocycles. The summed E-state index contributed by atoms with van der Waals surface area (Å²) in [6, 6.07) is 3.19. The molecular weight excluding hydrogens is 449 g/mol. The van der Waals surface area contributed by atoms with Gasteiger partial charge in [0.15, 0.2) is 11.8 Å². The fraction of sp³-hybridized carbons (Fsp3) is 0.400. The predicted octanol–water partition coefficient (Wildman–Crippen LogP) is 2.58. The SMILES string of the molecule is C[C@@](O)(CNCCC(F)F)[C@H](F)[C@H](NC(=O)c1cccnc1)c1cnc2cc(Cl)cnn12. The van der Waals surface area contributed by atoms with E-state index in [2.05, 4.69) is 25.7 Å². The lowest BCUT2D eigenvalue weighted by atomic mass is 9.92. The molecule has 1 amide bonds. The van der Waals surface area contributed by atoms with Gasteiger partial charge in [0.1, 0.15) is 11.6 Å². The Morgan fingerprint density at radius 3 is 2.78 bits per heavy atom. The van der Waals surface area contributed by atoms with Gasteiger partial charge in [-0.1, -0.05) is 11.6 Å². The van der Waals surface area contributed by atoms with E-state index in [-0.39, 0.29) is 24.3 Å². The quantitative estimate of drug-likeness (QED) is 0.393. The van der Waals surface area contributed by atoms with Gasteiger partial charge in [-0.25, -0.2) is 22.7 Å². The Morgan fingerprint density at radius 1 is 1.31 bits per heavy atom. The Hall–Kier alpha value is -2.76. The van der Waals surface area contributed by atoms with Crippen LogP contribution in [0.4, 0.5) is 13.2 Å². The van der Waals surface area contributed by atoms with Crippen molar-refractivity contribution in [2.24, 2.45) is 0 Å². The summed E-state index contributed by atoms with van der Waals surface area (Å²) in [7, 11) is 0. The largest absolute Gasteiger partial charge is 0.386 e. The molecule has 12 heteroatoms. The Morgan fingerprint density at radius 2 is 2.09 bits per heavy atom. The molecule has 3 atom stereocenters. The fourth-order valence-electron chi connectivity index (χ4n) is 3.11. The van der Waals surface area contributed by atoms with Crippen molar-refractivity contribution in [3.05, 3.63) is 59.3 Å². The number of fused-ring (bicyclic) bond motifs is 1. The first-order valence-corrected chi connectivity index (χ1v) is 10.1. The van der Waals surface area contributed by atoms with Crippen LogP contribution in [-0.4, -0.2) is 61.9 Å². The molecule has 0 aliphatic carbocycles. The lowest BCUT2D eigenvalue weighted by Crippen LogP contribution is -2.52. The first-order valence-electron chi connectivity index (χ1n) is 9.74. The molecule has 0 aliphatic rings. The third-order valence-electron chi connectivity index (χ3n) is 4.79. The van der Waals surface area contributed by atoms with Gasteiger partial charge in [0.2, 0.25) is 6.43 Å². The maximum Gasteiger partial charge on any atom is 0.253 e. The summed E-state index contributed by atoms with van der Waals surface area (Å²) < 4.78 is 41.7. The third-order valence-corrected chi connectivity index (χ3v) is 5.00. The van der Waals surface area contributed by atoms with Crippen LogP contribution in [0.1, 0.15) is 35.4 Å². The van der Waals surface area contributed by atoms with Gasteiger partial charge < -0.3 is 15.7 Å². The highest BCUT2D eigenvalue weighted by Gasteiger charge is 2.41. The van der Waals surface area contributed by atoms with Crippen LogP contribution in [-0.2, 0) is 0 Å². The molecule has 0 bridgehead atoms. The Kier molecular flexibility index (Phi) is 7.64. The molecule has 3 heterocycles. The lowest BCUT2D eigenvalue weighted by molar-refractivity contribution is -0.0349. The molecule has 3 aromatic rings. The van der Waals surface area contributed by atoms with E-state index in [1.165, 1.54) is 48.4 Å². The fourth-order valence-corrected chi connectivity index (χ4v) is 3.25. The third kappa shape index (κ3) is 5.72. The van der Waals surface area contributed by atoms with E-state index in [1.807, 2.05) is 0 Å². The number of aromatic nitrogens is 4. The summed E-state index contributed by atoms with van der Waals surface area (Å²) in [5, 5.41) is 20.4. The maximum atomic E-state index is 15.7. The van der Waals surface area contributed by atoms with E-state index in [0.29, 0.717) is 10.7 Å². The van der Waals surface area contributed by atoms with Crippen LogP contribution in [0.3, 0.4) is 0 Å². The average molecular weight is 471 g/mol. The number of carbonyl (C=O) groups is 1. The summed E-state index contributed by atoms with van der Waals surface area (Å²) in [5.74, 6) is -0.629. The molecule has 8 nitrogen and oxygen atoms in total. The van der Waals surface area contributed by atoms with Crippen LogP contribution in [0.2, 0.25) is 5.02 Å². The molecule has 32 heavy (non-hydrogen) atoms. The summed E-state index contributed by atoms with van der Waals surface area (Å²) in [5.41, 5.74) is -1.36. The van der Waals surface area contributed by atoms with Crippen molar-refractivity contribution in [3.8, 4) is 0 Å². The molecule has 172 valence electrons. The molecule has 0 spiro atoms. The van der Waals surface area contributed by atoms with Gasteiger partial charge in [-0.05, 0) is 19.1 Å². The number of imidazole rings is 1.